The first-order valence-electron chi connectivity index (χ1n) is 8.67. The molecule has 1 aliphatic rings. The van der Waals surface area contributed by atoms with Crippen LogP contribution >= 0.6 is 0 Å². The summed E-state index contributed by atoms with van der Waals surface area (Å²) in [5.74, 6) is -3.29. The highest BCUT2D eigenvalue weighted by molar-refractivity contribution is 6.10. The fraction of sp³-hybridized carbons (Fsp3) is 0.316. The van der Waals surface area contributed by atoms with Crippen LogP contribution in [-0.4, -0.2) is 57.7 Å². The molecule has 0 aromatic carbocycles. The van der Waals surface area contributed by atoms with Gasteiger partial charge in [0.05, 0.1) is 0 Å². The van der Waals surface area contributed by atoms with Crippen molar-refractivity contribution in [2.75, 3.05) is 31.1 Å². The minimum Gasteiger partial charge on any atom is -0.351 e. The van der Waals surface area contributed by atoms with Crippen LogP contribution in [0.25, 0.3) is 0 Å². The van der Waals surface area contributed by atoms with Gasteiger partial charge < -0.3 is 9.80 Å². The summed E-state index contributed by atoms with van der Waals surface area (Å²) >= 11 is 0. The molecule has 1 saturated heterocycles. The molecular weight excluding hydrogens is 368 g/mol. The number of carbonyl (C=O) groups excluding carboxylic acids is 2. The number of alkyl halides is 2. The van der Waals surface area contributed by atoms with E-state index < -0.39 is 17.4 Å². The van der Waals surface area contributed by atoms with Crippen molar-refractivity contribution in [3.8, 4) is 0 Å². The third-order valence-corrected chi connectivity index (χ3v) is 4.43. The molecule has 0 bridgehead atoms. The molecule has 0 radical (unpaired) electrons. The number of hydrogen-bond acceptors (Lipinski definition) is 6. The highest BCUT2D eigenvalue weighted by Crippen LogP contribution is 2.26. The fourth-order valence-corrected chi connectivity index (χ4v) is 2.91. The van der Waals surface area contributed by atoms with E-state index >= 15 is 0 Å². The SMILES string of the molecule is C=CC(=O)N1CCN(c2nccnc2C(=O)c2ccc(C(C)(F)F)nc2)CC1. The molecule has 9 heteroatoms. The van der Waals surface area contributed by atoms with E-state index in [1.54, 1.807) is 4.90 Å². The van der Waals surface area contributed by atoms with Gasteiger partial charge in [-0.25, -0.2) is 9.97 Å². The highest BCUT2D eigenvalue weighted by atomic mass is 19.3. The average molecular weight is 387 g/mol. The number of ketones is 1. The molecular formula is C19H19F2N5O2. The van der Waals surface area contributed by atoms with Crippen molar-refractivity contribution >= 4 is 17.5 Å². The number of carbonyl (C=O) groups is 2. The van der Waals surface area contributed by atoms with Crippen LogP contribution in [0.15, 0.2) is 43.4 Å². The summed E-state index contributed by atoms with van der Waals surface area (Å²) in [5, 5.41) is 0. The van der Waals surface area contributed by atoms with E-state index in [1.165, 1.54) is 24.5 Å². The summed E-state index contributed by atoms with van der Waals surface area (Å²) in [4.78, 5) is 40.2. The molecule has 1 fully saturated rings. The van der Waals surface area contributed by atoms with Crippen LogP contribution in [-0.2, 0) is 10.7 Å². The smallest absolute Gasteiger partial charge is 0.286 e. The maximum absolute atomic E-state index is 13.3. The van der Waals surface area contributed by atoms with Crippen molar-refractivity contribution in [3.05, 3.63) is 60.3 Å². The third kappa shape index (κ3) is 4.03. The first-order valence-corrected chi connectivity index (χ1v) is 8.67. The van der Waals surface area contributed by atoms with Gasteiger partial charge in [0.25, 0.3) is 5.92 Å². The van der Waals surface area contributed by atoms with Crippen molar-refractivity contribution in [3.63, 3.8) is 0 Å². The van der Waals surface area contributed by atoms with Gasteiger partial charge in [0, 0.05) is 57.3 Å². The van der Waals surface area contributed by atoms with Crippen LogP contribution in [0.5, 0.6) is 0 Å². The standard InChI is InChI=1S/C19H19F2N5O2/c1-3-15(27)25-8-10-26(11-9-25)18-16(22-6-7-23-18)17(28)13-4-5-14(24-12-13)19(2,20)21/h3-7,12H,1,8-11H2,2H3. The topological polar surface area (TPSA) is 79.3 Å². The molecule has 3 heterocycles. The van der Waals surface area contributed by atoms with Gasteiger partial charge in [-0.05, 0) is 18.2 Å². The summed E-state index contributed by atoms with van der Waals surface area (Å²) in [7, 11) is 0. The Balaban J connectivity index is 1.82. The Hall–Kier alpha value is -3.23. The summed E-state index contributed by atoms with van der Waals surface area (Å²) in [6.45, 7) is 6.13. The monoisotopic (exact) mass is 387 g/mol. The number of halogens is 2. The number of pyridine rings is 1. The fourth-order valence-electron chi connectivity index (χ4n) is 2.91. The summed E-state index contributed by atoms with van der Waals surface area (Å²) < 4.78 is 26.6. The zero-order valence-electron chi connectivity index (χ0n) is 15.3. The van der Waals surface area contributed by atoms with E-state index in [1.807, 2.05) is 4.90 Å². The lowest BCUT2D eigenvalue weighted by atomic mass is 10.1. The zero-order valence-corrected chi connectivity index (χ0v) is 15.3. The number of amides is 1. The minimum atomic E-state index is -3.08. The molecule has 2 aromatic heterocycles. The Morgan fingerprint density at radius 2 is 1.79 bits per heavy atom. The number of rotatable bonds is 5. The van der Waals surface area contributed by atoms with Crippen molar-refractivity contribution in [1.82, 2.24) is 19.9 Å². The van der Waals surface area contributed by atoms with Gasteiger partial charge in [-0.15, -0.1) is 0 Å². The molecule has 28 heavy (non-hydrogen) atoms. The van der Waals surface area contributed by atoms with Gasteiger partial charge in [-0.3, -0.25) is 14.6 Å². The second kappa shape index (κ2) is 7.79. The van der Waals surface area contributed by atoms with E-state index in [2.05, 4.69) is 21.5 Å². The Morgan fingerprint density at radius 3 is 2.36 bits per heavy atom. The molecule has 7 nitrogen and oxygen atoms in total. The Kier molecular flexibility index (Phi) is 5.43. The largest absolute Gasteiger partial charge is 0.351 e. The lowest BCUT2D eigenvalue weighted by Gasteiger charge is -2.35. The molecule has 1 aliphatic heterocycles. The van der Waals surface area contributed by atoms with Crippen LogP contribution in [0, 0.1) is 0 Å². The van der Waals surface area contributed by atoms with Gasteiger partial charge in [-0.1, -0.05) is 6.58 Å². The van der Waals surface area contributed by atoms with Crippen LogP contribution in [0.3, 0.4) is 0 Å². The average Bonchev–Trinajstić information content (AvgIpc) is 2.72. The highest BCUT2D eigenvalue weighted by Gasteiger charge is 2.28. The van der Waals surface area contributed by atoms with Gasteiger partial charge in [0.2, 0.25) is 11.7 Å². The molecule has 0 N–H and O–H groups in total. The van der Waals surface area contributed by atoms with Gasteiger partial charge >= 0.3 is 0 Å². The molecule has 1 amide bonds. The zero-order chi connectivity index (χ0) is 20.3. The van der Waals surface area contributed by atoms with E-state index in [0.29, 0.717) is 32.0 Å². The first kappa shape index (κ1) is 19.5. The summed E-state index contributed by atoms with van der Waals surface area (Å²) in [5.41, 5.74) is -0.148. The Bertz CT molecular complexity index is 888. The first-order chi connectivity index (χ1) is 13.3. The molecule has 0 aliphatic carbocycles. The molecule has 0 atom stereocenters. The molecule has 3 rings (SSSR count). The van der Waals surface area contributed by atoms with E-state index in [0.717, 1.165) is 19.2 Å². The quantitative estimate of drug-likeness (QED) is 0.577. The predicted molar refractivity (Wildman–Crippen MR) is 98.3 cm³/mol. The summed E-state index contributed by atoms with van der Waals surface area (Å²) in [6, 6.07) is 2.43. The van der Waals surface area contributed by atoms with Crippen molar-refractivity contribution in [1.29, 1.82) is 0 Å². The Labute approximate surface area is 160 Å². The van der Waals surface area contributed by atoms with Gasteiger partial charge in [0.15, 0.2) is 11.5 Å². The van der Waals surface area contributed by atoms with Crippen LogP contribution in [0.4, 0.5) is 14.6 Å². The molecule has 0 saturated carbocycles. The van der Waals surface area contributed by atoms with E-state index in [-0.39, 0.29) is 17.2 Å². The van der Waals surface area contributed by atoms with Gasteiger partial charge in [0.1, 0.15) is 5.69 Å². The second-order valence-electron chi connectivity index (χ2n) is 6.39. The lowest BCUT2D eigenvalue weighted by molar-refractivity contribution is -0.126. The maximum atomic E-state index is 13.3. The van der Waals surface area contributed by atoms with Crippen LogP contribution < -0.4 is 4.90 Å². The van der Waals surface area contributed by atoms with Crippen molar-refractivity contribution in [2.24, 2.45) is 0 Å². The van der Waals surface area contributed by atoms with E-state index in [9.17, 15) is 18.4 Å². The number of hydrogen-bond donors (Lipinski definition) is 0. The van der Waals surface area contributed by atoms with Gasteiger partial charge in [-0.2, -0.15) is 8.78 Å². The predicted octanol–water partition coefficient (Wildman–Crippen LogP) is 2.05. The number of anilines is 1. The molecule has 146 valence electrons. The Morgan fingerprint density at radius 1 is 1.11 bits per heavy atom. The lowest BCUT2D eigenvalue weighted by Crippen LogP contribution is -2.49. The normalized spacial score (nSPS) is 14.7. The minimum absolute atomic E-state index is 0.115. The van der Waals surface area contributed by atoms with Crippen LogP contribution in [0.1, 0.15) is 28.7 Å². The molecule has 0 unspecified atom stereocenters. The molecule has 0 spiro atoms. The second-order valence-corrected chi connectivity index (χ2v) is 6.39. The summed E-state index contributed by atoms with van der Waals surface area (Å²) in [6.07, 6.45) is 5.26. The number of aromatic nitrogens is 3. The molecule has 2 aromatic rings. The maximum Gasteiger partial charge on any atom is 0.286 e. The number of piperazine rings is 1. The van der Waals surface area contributed by atoms with Crippen molar-refractivity contribution in [2.45, 2.75) is 12.8 Å². The van der Waals surface area contributed by atoms with Crippen molar-refractivity contribution < 1.29 is 18.4 Å². The number of nitrogens with zero attached hydrogens (tertiary/aromatic N) is 5. The van der Waals surface area contributed by atoms with Crippen LogP contribution in [0.2, 0.25) is 0 Å². The third-order valence-electron chi connectivity index (χ3n) is 4.43. The van der Waals surface area contributed by atoms with E-state index in [4.69, 9.17) is 0 Å².